The number of carbonyl (C=O) groups excluding carboxylic acids is 1. The van der Waals surface area contributed by atoms with Crippen LogP contribution < -0.4 is 19.1 Å². The van der Waals surface area contributed by atoms with Crippen LogP contribution in [0.25, 0.3) is 0 Å². The van der Waals surface area contributed by atoms with Gasteiger partial charge in [0.1, 0.15) is 18.0 Å². The monoisotopic (exact) mass is 420 g/mol. The van der Waals surface area contributed by atoms with Crippen LogP contribution in [-0.2, 0) is 21.2 Å². The Morgan fingerprint density at radius 1 is 1.07 bits per heavy atom. The number of nitrogens with zero attached hydrogens (tertiary/aromatic N) is 1. The summed E-state index contributed by atoms with van der Waals surface area (Å²) in [4.78, 5) is 12.4. The first-order chi connectivity index (χ1) is 13.7. The second kappa shape index (κ2) is 10.2. The highest BCUT2D eigenvalue weighted by Crippen LogP contribution is 2.30. The Kier molecular flexibility index (Phi) is 7.90. The molecule has 2 aromatic carbocycles. The van der Waals surface area contributed by atoms with Gasteiger partial charge in [-0.1, -0.05) is 18.2 Å². The smallest absolute Gasteiger partial charge is 0.240 e. The largest absolute Gasteiger partial charge is 0.497 e. The minimum atomic E-state index is -3.66. The highest BCUT2D eigenvalue weighted by molar-refractivity contribution is 7.92. The zero-order chi connectivity index (χ0) is 21.4. The second-order valence-electron chi connectivity index (χ2n) is 6.75. The first kappa shape index (κ1) is 22.5. The highest BCUT2D eigenvalue weighted by atomic mass is 32.2. The molecule has 0 radical (unpaired) electrons. The van der Waals surface area contributed by atoms with Gasteiger partial charge in [-0.3, -0.25) is 9.10 Å². The van der Waals surface area contributed by atoms with Crippen molar-refractivity contribution in [1.29, 1.82) is 0 Å². The number of benzene rings is 2. The molecular weight excluding hydrogens is 392 g/mol. The molecule has 0 bridgehead atoms. The number of nitrogens with one attached hydrogen (secondary N) is 1. The maximum Gasteiger partial charge on any atom is 0.240 e. The number of ether oxygens (including phenoxy) is 2. The lowest BCUT2D eigenvalue weighted by Gasteiger charge is -2.24. The van der Waals surface area contributed by atoms with Crippen LogP contribution in [0.4, 0.5) is 5.69 Å². The van der Waals surface area contributed by atoms with Crippen molar-refractivity contribution >= 4 is 21.6 Å². The Bertz CT molecular complexity index is 927. The van der Waals surface area contributed by atoms with Gasteiger partial charge in [-0.25, -0.2) is 8.42 Å². The molecule has 0 aliphatic carbocycles. The number of rotatable bonds is 10. The Hall–Kier alpha value is -2.74. The van der Waals surface area contributed by atoms with E-state index in [-0.39, 0.29) is 12.5 Å². The third kappa shape index (κ3) is 6.67. The normalized spacial score (nSPS) is 11.0. The molecule has 0 spiro atoms. The summed E-state index contributed by atoms with van der Waals surface area (Å²) >= 11 is 0. The molecule has 29 heavy (non-hydrogen) atoms. The van der Waals surface area contributed by atoms with E-state index in [0.717, 1.165) is 40.3 Å². The molecule has 1 N–H and O–H groups in total. The number of anilines is 1. The predicted molar refractivity (Wildman–Crippen MR) is 114 cm³/mol. The number of aryl methyl sites for hydroxylation is 2. The number of methoxy groups -OCH3 is 2. The fourth-order valence-electron chi connectivity index (χ4n) is 2.87. The molecule has 7 nitrogen and oxygen atoms in total. The van der Waals surface area contributed by atoms with Crippen LogP contribution in [-0.4, -0.2) is 47.9 Å². The van der Waals surface area contributed by atoms with E-state index in [1.54, 1.807) is 19.2 Å². The lowest BCUT2D eigenvalue weighted by molar-refractivity contribution is -0.119. The molecule has 0 fully saturated rings. The van der Waals surface area contributed by atoms with Gasteiger partial charge in [-0.15, -0.1) is 0 Å². The van der Waals surface area contributed by atoms with Crippen LogP contribution in [0.2, 0.25) is 0 Å². The van der Waals surface area contributed by atoms with E-state index in [4.69, 9.17) is 9.47 Å². The third-order valence-corrected chi connectivity index (χ3v) is 5.54. The molecule has 8 heteroatoms. The summed E-state index contributed by atoms with van der Waals surface area (Å²) in [5.74, 6) is 0.830. The SMILES string of the molecule is COc1ccc(CCCNC(=O)CN(c2cc(C)ccc2OC)S(C)(=O)=O)cc1. The summed E-state index contributed by atoms with van der Waals surface area (Å²) in [6.07, 6.45) is 2.61. The van der Waals surface area contributed by atoms with Crippen molar-refractivity contribution in [3.63, 3.8) is 0 Å². The molecule has 0 aromatic heterocycles. The summed E-state index contributed by atoms with van der Waals surface area (Å²) in [6.45, 7) is 2.00. The summed E-state index contributed by atoms with van der Waals surface area (Å²) in [7, 11) is -0.574. The molecule has 0 aliphatic rings. The van der Waals surface area contributed by atoms with E-state index in [1.165, 1.54) is 7.11 Å². The van der Waals surface area contributed by atoms with E-state index in [2.05, 4.69) is 5.32 Å². The Morgan fingerprint density at radius 3 is 2.34 bits per heavy atom. The molecule has 0 atom stereocenters. The van der Waals surface area contributed by atoms with Crippen LogP contribution in [0.5, 0.6) is 11.5 Å². The zero-order valence-corrected chi connectivity index (χ0v) is 18.1. The van der Waals surface area contributed by atoms with E-state index < -0.39 is 10.0 Å². The Morgan fingerprint density at radius 2 is 1.76 bits per heavy atom. The lowest BCUT2D eigenvalue weighted by atomic mass is 10.1. The molecule has 0 saturated heterocycles. The van der Waals surface area contributed by atoms with Gasteiger partial charge in [0.15, 0.2) is 0 Å². The minimum absolute atomic E-state index is 0.304. The average Bonchev–Trinajstić information content (AvgIpc) is 2.69. The van der Waals surface area contributed by atoms with Crippen LogP contribution in [0.15, 0.2) is 42.5 Å². The third-order valence-electron chi connectivity index (χ3n) is 4.41. The molecular formula is C21H28N2O5S. The van der Waals surface area contributed by atoms with Crippen molar-refractivity contribution in [2.75, 3.05) is 37.9 Å². The molecule has 0 heterocycles. The number of sulfonamides is 1. The first-order valence-corrected chi connectivity index (χ1v) is 11.1. The molecule has 2 rings (SSSR count). The number of hydrogen-bond donors (Lipinski definition) is 1. The van der Waals surface area contributed by atoms with Crippen molar-refractivity contribution in [3.05, 3.63) is 53.6 Å². The quantitative estimate of drug-likeness (QED) is 0.597. The fourth-order valence-corrected chi connectivity index (χ4v) is 3.73. The number of hydrogen-bond acceptors (Lipinski definition) is 5. The molecule has 0 saturated carbocycles. The van der Waals surface area contributed by atoms with Crippen LogP contribution >= 0.6 is 0 Å². The molecule has 0 aliphatic heterocycles. The van der Waals surface area contributed by atoms with E-state index >= 15 is 0 Å². The molecule has 1 amide bonds. The van der Waals surface area contributed by atoms with Crippen molar-refractivity contribution in [2.24, 2.45) is 0 Å². The minimum Gasteiger partial charge on any atom is -0.497 e. The van der Waals surface area contributed by atoms with E-state index in [1.807, 2.05) is 37.3 Å². The summed E-state index contributed by atoms with van der Waals surface area (Å²) < 4.78 is 36.1. The second-order valence-corrected chi connectivity index (χ2v) is 8.65. The molecule has 0 unspecified atom stereocenters. The average molecular weight is 421 g/mol. The number of amides is 1. The van der Waals surface area contributed by atoms with E-state index in [0.29, 0.717) is 18.0 Å². The van der Waals surface area contributed by atoms with Gasteiger partial charge in [0.05, 0.1) is 26.2 Å². The van der Waals surface area contributed by atoms with Gasteiger partial charge in [0, 0.05) is 6.54 Å². The van der Waals surface area contributed by atoms with Gasteiger partial charge >= 0.3 is 0 Å². The van der Waals surface area contributed by atoms with Crippen molar-refractivity contribution < 1.29 is 22.7 Å². The van der Waals surface area contributed by atoms with Crippen molar-refractivity contribution in [3.8, 4) is 11.5 Å². The van der Waals surface area contributed by atoms with Crippen molar-refractivity contribution in [1.82, 2.24) is 5.32 Å². The highest BCUT2D eigenvalue weighted by Gasteiger charge is 2.24. The maximum absolute atomic E-state index is 12.4. The summed E-state index contributed by atoms with van der Waals surface area (Å²) in [6, 6.07) is 13.0. The Labute approximate surface area is 172 Å². The van der Waals surface area contributed by atoms with E-state index in [9.17, 15) is 13.2 Å². The topological polar surface area (TPSA) is 84.9 Å². The lowest BCUT2D eigenvalue weighted by Crippen LogP contribution is -2.40. The Balaban J connectivity index is 1.96. The fraction of sp³-hybridized carbons (Fsp3) is 0.381. The van der Waals surface area contributed by atoms with Gasteiger partial charge < -0.3 is 14.8 Å². The van der Waals surface area contributed by atoms with Gasteiger partial charge in [0.25, 0.3) is 0 Å². The molecule has 2 aromatic rings. The van der Waals surface area contributed by atoms with Crippen LogP contribution in [0.3, 0.4) is 0 Å². The van der Waals surface area contributed by atoms with Crippen LogP contribution in [0, 0.1) is 6.92 Å². The predicted octanol–water partition coefficient (Wildman–Crippen LogP) is 2.53. The van der Waals surface area contributed by atoms with Gasteiger partial charge in [-0.05, 0) is 55.2 Å². The summed E-state index contributed by atoms with van der Waals surface area (Å²) in [5, 5.41) is 2.79. The van der Waals surface area contributed by atoms with Gasteiger partial charge in [-0.2, -0.15) is 0 Å². The maximum atomic E-state index is 12.4. The zero-order valence-electron chi connectivity index (χ0n) is 17.3. The van der Waals surface area contributed by atoms with Crippen LogP contribution in [0.1, 0.15) is 17.5 Å². The standard InChI is InChI=1S/C21H28N2O5S/c1-16-7-12-20(28-3)19(14-16)23(29(4,25)26)15-21(24)22-13-5-6-17-8-10-18(27-2)11-9-17/h7-12,14H,5-6,13,15H2,1-4H3,(H,22,24). The summed E-state index contributed by atoms with van der Waals surface area (Å²) in [5.41, 5.74) is 2.36. The first-order valence-electron chi connectivity index (χ1n) is 9.26. The van der Waals surface area contributed by atoms with Crippen molar-refractivity contribution in [2.45, 2.75) is 19.8 Å². The van der Waals surface area contributed by atoms with Gasteiger partial charge in [0.2, 0.25) is 15.9 Å². The number of carbonyl (C=O) groups is 1. The molecule has 158 valence electrons.